The minimum atomic E-state index is -1.17. The van der Waals surface area contributed by atoms with Crippen LogP contribution in [0.1, 0.15) is 37.9 Å². The first kappa shape index (κ1) is 27.1. The monoisotopic (exact) mass is 540 g/mol. The molecule has 0 radical (unpaired) electrons. The molecule has 1 amide bonds. The number of Topliss-reactive ketones (excluding diaryl/α,β-unsaturated/α-hetero) is 1. The fourth-order valence-electron chi connectivity index (χ4n) is 4.59. The predicted octanol–water partition coefficient (Wildman–Crippen LogP) is 6.49. The SMILES string of the molecule is CCOc1ccc(Cl)c(/C(O)=C2\C(=O)C(=O)N(c3ccc(F)c(F)c3)C2c2ccc(N(CC)CC)cc2)c1. The topological polar surface area (TPSA) is 70.1 Å². The van der Waals surface area contributed by atoms with Crippen molar-refractivity contribution in [3.8, 4) is 5.75 Å². The molecule has 0 saturated carbocycles. The summed E-state index contributed by atoms with van der Waals surface area (Å²) in [4.78, 5) is 29.9. The first-order valence-corrected chi connectivity index (χ1v) is 12.6. The Balaban J connectivity index is 1.93. The third kappa shape index (κ3) is 4.96. The van der Waals surface area contributed by atoms with Gasteiger partial charge in [-0.3, -0.25) is 14.5 Å². The Morgan fingerprint density at radius 2 is 1.66 bits per heavy atom. The summed E-state index contributed by atoms with van der Waals surface area (Å²) in [6, 6.07) is 13.6. The highest BCUT2D eigenvalue weighted by molar-refractivity contribution is 6.52. The van der Waals surface area contributed by atoms with Crippen LogP contribution in [0.2, 0.25) is 5.02 Å². The largest absolute Gasteiger partial charge is 0.507 e. The second-order valence-corrected chi connectivity index (χ2v) is 9.01. The summed E-state index contributed by atoms with van der Waals surface area (Å²) in [5.41, 5.74) is 1.26. The van der Waals surface area contributed by atoms with Crippen molar-refractivity contribution in [1.82, 2.24) is 0 Å². The van der Waals surface area contributed by atoms with Crippen molar-refractivity contribution in [3.05, 3.63) is 94.0 Å². The number of aliphatic hydroxyl groups is 1. The molecule has 3 aromatic carbocycles. The molecule has 1 atom stereocenters. The summed E-state index contributed by atoms with van der Waals surface area (Å²) in [6.07, 6.45) is 0. The number of carbonyl (C=O) groups excluding carboxylic acids is 2. The second kappa shape index (κ2) is 11.2. The van der Waals surface area contributed by atoms with Gasteiger partial charge in [0.05, 0.1) is 23.2 Å². The van der Waals surface area contributed by atoms with E-state index in [1.54, 1.807) is 25.1 Å². The Kier molecular flexibility index (Phi) is 8.02. The van der Waals surface area contributed by atoms with Gasteiger partial charge >= 0.3 is 0 Å². The molecular formula is C29H27ClF2N2O4. The van der Waals surface area contributed by atoms with Crippen LogP contribution in [0.25, 0.3) is 5.76 Å². The highest BCUT2D eigenvalue weighted by Gasteiger charge is 2.47. The first-order chi connectivity index (χ1) is 18.2. The summed E-state index contributed by atoms with van der Waals surface area (Å²) in [6.45, 7) is 7.76. The van der Waals surface area contributed by atoms with Crippen LogP contribution in [-0.4, -0.2) is 36.5 Å². The second-order valence-electron chi connectivity index (χ2n) is 8.61. The Bertz CT molecular complexity index is 1400. The molecule has 0 spiro atoms. The van der Waals surface area contributed by atoms with E-state index in [1.165, 1.54) is 18.2 Å². The average molecular weight is 541 g/mol. The number of hydrogen-bond acceptors (Lipinski definition) is 5. The van der Waals surface area contributed by atoms with Gasteiger partial charge in [-0.15, -0.1) is 0 Å². The van der Waals surface area contributed by atoms with Crippen molar-refractivity contribution >= 4 is 40.4 Å². The van der Waals surface area contributed by atoms with Crippen LogP contribution in [0.15, 0.2) is 66.2 Å². The Morgan fingerprint density at radius 3 is 2.26 bits per heavy atom. The van der Waals surface area contributed by atoms with Gasteiger partial charge in [0.1, 0.15) is 11.5 Å². The van der Waals surface area contributed by atoms with Gasteiger partial charge in [-0.2, -0.15) is 0 Å². The van der Waals surface area contributed by atoms with Crippen LogP contribution in [0.5, 0.6) is 5.75 Å². The number of rotatable bonds is 8. The molecule has 1 fully saturated rings. The number of carbonyl (C=O) groups is 2. The average Bonchev–Trinajstić information content (AvgIpc) is 3.18. The Labute approximate surface area is 224 Å². The molecule has 1 heterocycles. The quantitative estimate of drug-likeness (QED) is 0.201. The lowest BCUT2D eigenvalue weighted by atomic mass is 9.94. The lowest BCUT2D eigenvalue weighted by Crippen LogP contribution is -2.29. The van der Waals surface area contributed by atoms with Gasteiger partial charge in [-0.25, -0.2) is 8.78 Å². The van der Waals surface area contributed by atoms with E-state index in [0.29, 0.717) is 17.9 Å². The normalized spacial score (nSPS) is 16.7. The summed E-state index contributed by atoms with van der Waals surface area (Å²) in [5, 5.41) is 11.5. The molecule has 0 aromatic heterocycles. The summed E-state index contributed by atoms with van der Waals surface area (Å²) in [7, 11) is 0. The number of hydrogen-bond donors (Lipinski definition) is 1. The molecular weight excluding hydrogens is 514 g/mol. The van der Waals surface area contributed by atoms with Crippen molar-refractivity contribution in [2.75, 3.05) is 29.5 Å². The van der Waals surface area contributed by atoms with Crippen LogP contribution in [0.4, 0.5) is 20.2 Å². The molecule has 6 nitrogen and oxygen atoms in total. The lowest BCUT2D eigenvalue weighted by molar-refractivity contribution is -0.132. The minimum Gasteiger partial charge on any atom is -0.507 e. The molecule has 9 heteroatoms. The Morgan fingerprint density at radius 1 is 0.974 bits per heavy atom. The minimum absolute atomic E-state index is 0.0305. The van der Waals surface area contributed by atoms with Gasteiger partial charge in [-0.1, -0.05) is 23.7 Å². The van der Waals surface area contributed by atoms with E-state index in [0.717, 1.165) is 35.8 Å². The zero-order valence-electron chi connectivity index (χ0n) is 21.2. The third-order valence-electron chi connectivity index (χ3n) is 6.47. The highest BCUT2D eigenvalue weighted by Crippen LogP contribution is 2.44. The summed E-state index contributed by atoms with van der Waals surface area (Å²) >= 11 is 6.37. The fourth-order valence-corrected chi connectivity index (χ4v) is 4.80. The first-order valence-electron chi connectivity index (χ1n) is 12.2. The van der Waals surface area contributed by atoms with Crippen molar-refractivity contribution < 1.29 is 28.2 Å². The molecule has 4 rings (SSSR count). The molecule has 1 aliphatic heterocycles. The van der Waals surface area contributed by atoms with Gasteiger partial charge < -0.3 is 14.7 Å². The zero-order chi connectivity index (χ0) is 27.6. The smallest absolute Gasteiger partial charge is 0.300 e. The predicted molar refractivity (Wildman–Crippen MR) is 144 cm³/mol. The summed E-state index contributed by atoms with van der Waals surface area (Å²) in [5.74, 6) is -4.33. The molecule has 0 aliphatic carbocycles. The summed E-state index contributed by atoms with van der Waals surface area (Å²) < 4.78 is 33.4. The van der Waals surface area contributed by atoms with E-state index in [-0.39, 0.29) is 21.8 Å². The number of aliphatic hydroxyl groups excluding tert-OH is 1. The number of nitrogens with zero attached hydrogens (tertiary/aromatic N) is 2. The third-order valence-corrected chi connectivity index (χ3v) is 6.80. The van der Waals surface area contributed by atoms with Gasteiger partial charge in [0, 0.05) is 36.1 Å². The van der Waals surface area contributed by atoms with Gasteiger partial charge in [-0.05, 0) is 68.8 Å². The van der Waals surface area contributed by atoms with Crippen molar-refractivity contribution in [2.45, 2.75) is 26.8 Å². The van der Waals surface area contributed by atoms with E-state index in [2.05, 4.69) is 4.90 Å². The number of ether oxygens (including phenoxy) is 1. The highest BCUT2D eigenvalue weighted by atomic mass is 35.5. The number of benzene rings is 3. The van der Waals surface area contributed by atoms with Crippen LogP contribution < -0.4 is 14.5 Å². The number of ketones is 1. The van der Waals surface area contributed by atoms with Crippen molar-refractivity contribution in [1.29, 1.82) is 0 Å². The number of amides is 1. The molecule has 0 bridgehead atoms. The molecule has 3 aromatic rings. The van der Waals surface area contributed by atoms with Crippen molar-refractivity contribution in [2.24, 2.45) is 0 Å². The number of halogens is 3. The maximum Gasteiger partial charge on any atom is 0.300 e. The molecule has 1 saturated heterocycles. The maximum absolute atomic E-state index is 14.2. The molecule has 1 unspecified atom stereocenters. The number of anilines is 2. The maximum atomic E-state index is 14.2. The van der Waals surface area contributed by atoms with Crippen molar-refractivity contribution in [3.63, 3.8) is 0 Å². The van der Waals surface area contributed by atoms with E-state index >= 15 is 0 Å². The van der Waals surface area contributed by atoms with E-state index < -0.39 is 35.1 Å². The molecule has 1 aliphatic rings. The lowest BCUT2D eigenvalue weighted by Gasteiger charge is -2.27. The van der Waals surface area contributed by atoms with E-state index in [9.17, 15) is 23.5 Å². The van der Waals surface area contributed by atoms with Crippen LogP contribution in [0.3, 0.4) is 0 Å². The Hall–Kier alpha value is -3.91. The van der Waals surface area contributed by atoms with E-state index in [1.807, 2.05) is 26.0 Å². The zero-order valence-corrected chi connectivity index (χ0v) is 21.9. The van der Waals surface area contributed by atoms with Crippen LogP contribution in [0, 0.1) is 11.6 Å². The van der Waals surface area contributed by atoms with Gasteiger partial charge in [0.2, 0.25) is 0 Å². The molecule has 198 valence electrons. The fraction of sp³-hybridized carbons (Fsp3) is 0.241. The van der Waals surface area contributed by atoms with Gasteiger partial charge in [0.15, 0.2) is 11.6 Å². The van der Waals surface area contributed by atoms with E-state index in [4.69, 9.17) is 16.3 Å². The standard InChI is InChI=1S/C29H27ClF2N2O4/c1-4-33(5-2)18-9-7-17(8-10-18)26-25(27(35)21-16-20(38-6-3)12-13-22(21)30)28(36)29(37)34(26)19-11-14-23(31)24(32)15-19/h7-16,26,35H,4-6H2,1-3H3/b27-25+. The van der Waals surface area contributed by atoms with Crippen LogP contribution in [-0.2, 0) is 9.59 Å². The molecule has 1 N–H and O–H groups in total. The van der Waals surface area contributed by atoms with Gasteiger partial charge in [0.25, 0.3) is 11.7 Å². The molecule has 38 heavy (non-hydrogen) atoms. The van der Waals surface area contributed by atoms with Crippen LogP contribution >= 0.6 is 11.6 Å².